The Hall–Kier alpha value is -1.71. The van der Waals surface area contributed by atoms with Gasteiger partial charge < -0.3 is 16.2 Å². The van der Waals surface area contributed by atoms with E-state index in [0.717, 1.165) is 23.7 Å². The summed E-state index contributed by atoms with van der Waals surface area (Å²) in [5, 5.41) is 12.3. The van der Waals surface area contributed by atoms with E-state index in [9.17, 15) is 4.79 Å². The summed E-state index contributed by atoms with van der Waals surface area (Å²) in [5.41, 5.74) is 7.93. The number of carboxylic acid groups (broad SMARTS) is 1. The average Bonchev–Trinajstić information content (AvgIpc) is 2.20. The van der Waals surface area contributed by atoms with Gasteiger partial charge in [-0.1, -0.05) is 6.42 Å². The largest absolute Gasteiger partial charge is 0.478 e. The van der Waals surface area contributed by atoms with Crippen molar-refractivity contribution in [2.75, 3.05) is 17.6 Å². The first kappa shape index (κ1) is 11.8. The molecule has 4 N–H and O–H groups in total. The van der Waals surface area contributed by atoms with E-state index in [1.54, 1.807) is 6.07 Å². The molecule has 0 atom stereocenters. The predicted octanol–water partition coefficient (Wildman–Crippen LogP) is 2.49. The number of rotatable bonds is 4. The molecular weight excluding hydrogens is 216 g/mol. The molecule has 1 aromatic rings. The van der Waals surface area contributed by atoms with Crippen LogP contribution in [0.15, 0.2) is 12.1 Å². The second kappa shape index (κ2) is 4.65. The molecule has 92 valence electrons. The van der Waals surface area contributed by atoms with Gasteiger partial charge in [-0.2, -0.15) is 0 Å². The van der Waals surface area contributed by atoms with Crippen molar-refractivity contribution in [1.82, 2.24) is 0 Å². The second-order valence-corrected chi connectivity index (χ2v) is 4.74. The molecule has 0 radical (unpaired) electrons. The summed E-state index contributed by atoms with van der Waals surface area (Å²) in [7, 11) is 0. The fourth-order valence-electron chi connectivity index (χ4n) is 2.04. The lowest BCUT2D eigenvalue weighted by molar-refractivity contribution is 0.0698. The zero-order valence-electron chi connectivity index (χ0n) is 9.99. The Balaban J connectivity index is 2.13. The van der Waals surface area contributed by atoms with E-state index in [1.807, 2.05) is 13.0 Å². The minimum Gasteiger partial charge on any atom is -0.478 e. The van der Waals surface area contributed by atoms with Gasteiger partial charge in [0.25, 0.3) is 0 Å². The maximum absolute atomic E-state index is 11.0. The molecule has 0 bridgehead atoms. The van der Waals surface area contributed by atoms with E-state index >= 15 is 0 Å². The SMILES string of the molecule is Cc1cc(NCC2CCC2)cc(C(=O)O)c1N. The molecule has 1 aromatic carbocycles. The quantitative estimate of drug-likeness (QED) is 0.700. The third kappa shape index (κ3) is 2.52. The molecule has 0 aliphatic heterocycles. The van der Waals surface area contributed by atoms with Gasteiger partial charge in [0.1, 0.15) is 0 Å². The number of hydrogen-bond acceptors (Lipinski definition) is 3. The Kier molecular flexibility index (Phi) is 3.22. The highest BCUT2D eigenvalue weighted by Gasteiger charge is 2.17. The lowest BCUT2D eigenvalue weighted by atomic mass is 9.85. The Bertz CT molecular complexity index is 439. The first-order valence-electron chi connectivity index (χ1n) is 5.95. The molecule has 1 aliphatic carbocycles. The number of aromatic carboxylic acids is 1. The molecule has 0 saturated heterocycles. The highest BCUT2D eigenvalue weighted by atomic mass is 16.4. The first-order valence-corrected chi connectivity index (χ1v) is 5.95. The van der Waals surface area contributed by atoms with E-state index in [0.29, 0.717) is 5.69 Å². The van der Waals surface area contributed by atoms with Crippen molar-refractivity contribution in [3.05, 3.63) is 23.3 Å². The normalized spacial score (nSPS) is 15.4. The summed E-state index contributed by atoms with van der Waals surface area (Å²) in [6.45, 7) is 2.75. The second-order valence-electron chi connectivity index (χ2n) is 4.74. The fourth-order valence-corrected chi connectivity index (χ4v) is 2.04. The van der Waals surface area contributed by atoms with Crippen LogP contribution in [-0.2, 0) is 0 Å². The summed E-state index contributed by atoms with van der Waals surface area (Å²) in [6.07, 6.45) is 3.85. The zero-order valence-corrected chi connectivity index (χ0v) is 9.99. The van der Waals surface area contributed by atoms with E-state index in [-0.39, 0.29) is 5.56 Å². The standard InChI is InChI=1S/C13H18N2O2/c1-8-5-10(15-7-9-3-2-4-9)6-11(12(8)14)13(16)17/h5-6,9,15H,2-4,7,14H2,1H3,(H,16,17). The van der Waals surface area contributed by atoms with Gasteiger partial charge in [-0.3, -0.25) is 0 Å². The van der Waals surface area contributed by atoms with Crippen LogP contribution in [0.25, 0.3) is 0 Å². The molecule has 1 aliphatic rings. The summed E-state index contributed by atoms with van der Waals surface area (Å²) >= 11 is 0. The Morgan fingerprint density at radius 2 is 2.24 bits per heavy atom. The molecule has 0 heterocycles. The van der Waals surface area contributed by atoms with Gasteiger partial charge in [-0.15, -0.1) is 0 Å². The smallest absolute Gasteiger partial charge is 0.337 e. The molecule has 4 heteroatoms. The van der Waals surface area contributed by atoms with Crippen molar-refractivity contribution in [3.63, 3.8) is 0 Å². The summed E-state index contributed by atoms with van der Waals surface area (Å²) < 4.78 is 0. The maximum atomic E-state index is 11.0. The number of nitrogens with two attached hydrogens (primary N) is 1. The Morgan fingerprint density at radius 3 is 2.76 bits per heavy atom. The molecule has 17 heavy (non-hydrogen) atoms. The van der Waals surface area contributed by atoms with Crippen molar-refractivity contribution in [2.45, 2.75) is 26.2 Å². The number of carboxylic acids is 1. The lowest BCUT2D eigenvalue weighted by Crippen LogP contribution is -2.21. The van der Waals surface area contributed by atoms with Crippen molar-refractivity contribution < 1.29 is 9.90 Å². The Labute approximate surface area is 101 Å². The molecule has 2 rings (SSSR count). The summed E-state index contributed by atoms with van der Waals surface area (Å²) in [5.74, 6) is -0.237. The van der Waals surface area contributed by atoms with E-state index in [2.05, 4.69) is 5.32 Å². The van der Waals surface area contributed by atoms with Crippen LogP contribution in [0.4, 0.5) is 11.4 Å². The highest BCUT2D eigenvalue weighted by Crippen LogP contribution is 2.28. The number of nitrogen functional groups attached to an aromatic ring is 1. The maximum Gasteiger partial charge on any atom is 0.337 e. The van der Waals surface area contributed by atoms with Gasteiger partial charge in [0.15, 0.2) is 0 Å². The molecule has 1 saturated carbocycles. The summed E-state index contributed by atoms with van der Waals surface area (Å²) in [4.78, 5) is 11.0. The predicted molar refractivity (Wildman–Crippen MR) is 68.4 cm³/mol. The Morgan fingerprint density at radius 1 is 1.53 bits per heavy atom. The van der Waals surface area contributed by atoms with Crippen LogP contribution < -0.4 is 11.1 Å². The van der Waals surface area contributed by atoms with Crippen LogP contribution in [0.3, 0.4) is 0 Å². The van der Waals surface area contributed by atoms with Crippen molar-refractivity contribution >= 4 is 17.3 Å². The van der Waals surface area contributed by atoms with Gasteiger partial charge in [0.2, 0.25) is 0 Å². The van der Waals surface area contributed by atoms with Gasteiger partial charge in [0.05, 0.1) is 5.56 Å². The van der Waals surface area contributed by atoms with Gasteiger partial charge >= 0.3 is 5.97 Å². The highest BCUT2D eigenvalue weighted by molar-refractivity contribution is 5.95. The molecule has 0 amide bonds. The molecular formula is C13H18N2O2. The lowest BCUT2D eigenvalue weighted by Gasteiger charge is -2.26. The summed E-state index contributed by atoms with van der Waals surface area (Å²) in [6, 6.07) is 3.52. The number of hydrogen-bond donors (Lipinski definition) is 3. The minimum atomic E-state index is -0.974. The van der Waals surface area contributed by atoms with Crippen molar-refractivity contribution in [3.8, 4) is 0 Å². The third-order valence-electron chi connectivity index (χ3n) is 3.44. The van der Waals surface area contributed by atoms with Gasteiger partial charge in [0, 0.05) is 17.9 Å². The molecule has 0 aromatic heterocycles. The first-order chi connectivity index (χ1) is 8.08. The van der Waals surface area contributed by atoms with Crippen LogP contribution >= 0.6 is 0 Å². The number of anilines is 2. The fraction of sp³-hybridized carbons (Fsp3) is 0.462. The zero-order chi connectivity index (χ0) is 12.4. The number of benzene rings is 1. The van der Waals surface area contributed by atoms with E-state index in [1.165, 1.54) is 19.3 Å². The van der Waals surface area contributed by atoms with Crippen LogP contribution in [0, 0.1) is 12.8 Å². The topological polar surface area (TPSA) is 75.3 Å². The van der Waals surface area contributed by atoms with Crippen LogP contribution in [0.5, 0.6) is 0 Å². The monoisotopic (exact) mass is 234 g/mol. The third-order valence-corrected chi connectivity index (χ3v) is 3.44. The number of aryl methyl sites for hydroxylation is 1. The molecule has 0 spiro atoms. The number of carbonyl (C=O) groups is 1. The molecule has 1 fully saturated rings. The minimum absolute atomic E-state index is 0.182. The van der Waals surface area contributed by atoms with Crippen molar-refractivity contribution in [1.29, 1.82) is 0 Å². The average molecular weight is 234 g/mol. The molecule has 0 unspecified atom stereocenters. The van der Waals surface area contributed by atoms with Crippen LogP contribution in [0.1, 0.15) is 35.2 Å². The molecule has 4 nitrogen and oxygen atoms in total. The van der Waals surface area contributed by atoms with Crippen LogP contribution in [0.2, 0.25) is 0 Å². The number of nitrogens with one attached hydrogen (secondary N) is 1. The van der Waals surface area contributed by atoms with E-state index < -0.39 is 5.97 Å². The van der Waals surface area contributed by atoms with Crippen LogP contribution in [-0.4, -0.2) is 17.6 Å². The van der Waals surface area contributed by atoms with E-state index in [4.69, 9.17) is 10.8 Å². The van der Waals surface area contributed by atoms with Crippen molar-refractivity contribution in [2.24, 2.45) is 5.92 Å². The van der Waals surface area contributed by atoms with Gasteiger partial charge in [-0.25, -0.2) is 4.79 Å². The van der Waals surface area contributed by atoms with Gasteiger partial charge in [-0.05, 0) is 43.4 Å².